The summed E-state index contributed by atoms with van der Waals surface area (Å²) in [4.78, 5) is 29.0. The number of nitrogens with one attached hydrogen (secondary N) is 2. The van der Waals surface area contributed by atoms with Gasteiger partial charge in [0.15, 0.2) is 0 Å². The van der Waals surface area contributed by atoms with E-state index in [1.54, 1.807) is 0 Å². The van der Waals surface area contributed by atoms with Gasteiger partial charge in [0.05, 0.1) is 12.5 Å². The van der Waals surface area contributed by atoms with Crippen molar-refractivity contribution in [3.63, 3.8) is 0 Å². The fraction of sp³-hybridized carbons (Fsp3) is 0.417. The van der Waals surface area contributed by atoms with Crippen LogP contribution < -0.4 is 15.5 Å². The number of hydrogen-bond donors (Lipinski definition) is 2. The zero-order valence-electron chi connectivity index (χ0n) is 18.2. The Morgan fingerprint density at radius 3 is 2.26 bits per heavy atom. The maximum absolute atomic E-state index is 12.6. The Bertz CT molecular complexity index is 852. The molecule has 0 aromatic heterocycles. The molecule has 0 aliphatic carbocycles. The summed E-state index contributed by atoms with van der Waals surface area (Å²) in [6.07, 6.45) is 0.218. The van der Waals surface area contributed by atoms with Gasteiger partial charge in [-0.25, -0.2) is 0 Å². The molecule has 166 valence electrons. The van der Waals surface area contributed by atoms with E-state index in [0.29, 0.717) is 6.54 Å². The molecule has 0 radical (unpaired) electrons. The molecule has 3 rings (SSSR count). The van der Waals surface area contributed by atoms with Gasteiger partial charge < -0.3 is 15.5 Å². The quantitative estimate of drug-likeness (QED) is 0.600. The normalized spacial score (nSPS) is 16.4. The molecule has 2 amide bonds. The van der Waals surface area contributed by atoms with E-state index in [1.165, 1.54) is 12.6 Å². The Morgan fingerprint density at radius 2 is 1.65 bits per heavy atom. The summed E-state index contributed by atoms with van der Waals surface area (Å²) in [6.45, 7) is 8.13. The first-order valence-electron chi connectivity index (χ1n) is 10.8. The van der Waals surface area contributed by atoms with Crippen molar-refractivity contribution in [2.24, 2.45) is 0 Å². The monoisotopic (exact) mass is 486 g/mol. The second-order valence-electron chi connectivity index (χ2n) is 8.02. The van der Waals surface area contributed by atoms with Gasteiger partial charge >= 0.3 is 0 Å². The Hall–Kier alpha value is -2.38. The number of carbonyl (C=O) groups is 2. The summed E-state index contributed by atoms with van der Waals surface area (Å²) < 4.78 is 0.962. The van der Waals surface area contributed by atoms with Gasteiger partial charge in [-0.15, -0.1) is 0 Å². The lowest BCUT2D eigenvalue weighted by molar-refractivity contribution is -0.123. The van der Waals surface area contributed by atoms with Crippen LogP contribution in [-0.4, -0.2) is 55.5 Å². The Labute approximate surface area is 193 Å². The molecule has 1 heterocycles. The van der Waals surface area contributed by atoms with Crippen LogP contribution in [0.4, 0.5) is 5.69 Å². The van der Waals surface area contributed by atoms with Gasteiger partial charge in [-0.05, 0) is 36.8 Å². The molecule has 7 heteroatoms. The number of rotatable bonds is 8. The molecular weight excluding hydrogens is 456 g/mol. The van der Waals surface area contributed by atoms with Gasteiger partial charge in [0.2, 0.25) is 11.8 Å². The predicted molar refractivity (Wildman–Crippen MR) is 128 cm³/mol. The van der Waals surface area contributed by atoms with Crippen molar-refractivity contribution in [2.45, 2.75) is 32.4 Å². The number of halogens is 1. The molecule has 31 heavy (non-hydrogen) atoms. The first-order valence-corrected chi connectivity index (χ1v) is 11.5. The molecule has 2 unspecified atom stereocenters. The van der Waals surface area contributed by atoms with E-state index in [1.807, 2.05) is 30.3 Å². The third kappa shape index (κ3) is 7.08. The average molecular weight is 487 g/mol. The van der Waals surface area contributed by atoms with E-state index in [2.05, 4.69) is 67.6 Å². The highest BCUT2D eigenvalue weighted by molar-refractivity contribution is 9.10. The molecule has 2 aromatic rings. The van der Waals surface area contributed by atoms with Crippen molar-refractivity contribution < 1.29 is 9.59 Å². The van der Waals surface area contributed by atoms with Gasteiger partial charge in [-0.2, -0.15) is 0 Å². The summed E-state index contributed by atoms with van der Waals surface area (Å²) in [5.41, 5.74) is 2.18. The largest absolute Gasteiger partial charge is 0.369 e. The van der Waals surface area contributed by atoms with Crippen LogP contribution in [0, 0.1) is 0 Å². The van der Waals surface area contributed by atoms with Crippen LogP contribution >= 0.6 is 15.9 Å². The average Bonchev–Trinajstić information content (AvgIpc) is 2.78. The molecule has 2 N–H and O–H groups in total. The second-order valence-corrected chi connectivity index (χ2v) is 8.94. The maximum Gasteiger partial charge on any atom is 0.222 e. The van der Waals surface area contributed by atoms with Gasteiger partial charge in [0.25, 0.3) is 0 Å². The summed E-state index contributed by atoms with van der Waals surface area (Å²) in [6, 6.07) is 18.1. The van der Waals surface area contributed by atoms with Crippen LogP contribution in [0.15, 0.2) is 59.1 Å². The Kier molecular flexibility index (Phi) is 8.49. The number of hydrogen-bond acceptors (Lipinski definition) is 4. The van der Waals surface area contributed by atoms with Gasteiger partial charge in [-0.1, -0.05) is 46.3 Å². The molecule has 0 spiro atoms. The summed E-state index contributed by atoms with van der Waals surface area (Å²) >= 11 is 3.42. The minimum Gasteiger partial charge on any atom is -0.369 e. The lowest BCUT2D eigenvalue weighted by Gasteiger charge is -2.39. The van der Waals surface area contributed by atoms with Gasteiger partial charge in [0, 0.05) is 55.8 Å². The number of nitrogens with zero attached hydrogens (tertiary/aromatic N) is 2. The minimum absolute atomic E-state index is 0.0589. The highest BCUT2D eigenvalue weighted by Gasteiger charge is 2.22. The Balaban J connectivity index is 1.46. The van der Waals surface area contributed by atoms with Crippen LogP contribution in [0.3, 0.4) is 0 Å². The predicted octanol–water partition coefficient (Wildman–Crippen LogP) is 3.34. The van der Waals surface area contributed by atoms with Gasteiger partial charge in [-0.3, -0.25) is 14.5 Å². The zero-order valence-corrected chi connectivity index (χ0v) is 19.8. The van der Waals surface area contributed by atoms with Crippen LogP contribution in [0.5, 0.6) is 0 Å². The number of anilines is 1. The van der Waals surface area contributed by atoms with Crippen LogP contribution in [0.25, 0.3) is 0 Å². The first kappa shape index (κ1) is 23.3. The molecule has 6 nitrogen and oxygen atoms in total. The van der Waals surface area contributed by atoms with E-state index in [-0.39, 0.29) is 30.3 Å². The van der Waals surface area contributed by atoms with Crippen LogP contribution in [-0.2, 0) is 9.59 Å². The van der Waals surface area contributed by atoms with Gasteiger partial charge in [0.1, 0.15) is 0 Å². The number of para-hydroxylation sites is 1. The SMILES string of the molecule is CC(=O)NC(CC(=O)NCC(C)N1CCN(c2ccccc2)CC1)c1ccc(Br)cc1. The first-order chi connectivity index (χ1) is 14.9. The summed E-state index contributed by atoms with van der Waals surface area (Å²) in [5.74, 6) is -0.207. The van der Waals surface area contributed by atoms with E-state index in [0.717, 1.165) is 36.2 Å². The number of carbonyl (C=O) groups excluding carboxylic acids is 2. The smallest absolute Gasteiger partial charge is 0.222 e. The standard InChI is InChI=1S/C24H31BrN4O2/c1-18(28-12-14-29(15-13-28)22-6-4-3-5-7-22)17-26-24(31)16-23(27-19(2)30)20-8-10-21(25)11-9-20/h3-11,18,23H,12-17H2,1-2H3,(H,26,31)(H,27,30). The van der Waals surface area contributed by atoms with E-state index < -0.39 is 0 Å². The molecule has 2 aromatic carbocycles. The third-order valence-corrected chi connectivity index (χ3v) is 6.22. The minimum atomic E-state index is -0.338. The third-order valence-electron chi connectivity index (χ3n) is 5.69. The van der Waals surface area contributed by atoms with Crippen molar-refractivity contribution in [1.29, 1.82) is 0 Å². The van der Waals surface area contributed by atoms with E-state index in [9.17, 15) is 9.59 Å². The molecule has 0 saturated carbocycles. The molecule has 1 saturated heterocycles. The van der Waals surface area contributed by atoms with Crippen LogP contribution in [0.1, 0.15) is 31.9 Å². The molecule has 2 atom stereocenters. The molecule has 0 bridgehead atoms. The fourth-order valence-corrected chi connectivity index (χ4v) is 4.16. The number of amides is 2. The van der Waals surface area contributed by atoms with Crippen molar-refractivity contribution in [3.05, 3.63) is 64.6 Å². The lowest BCUT2D eigenvalue weighted by Crippen LogP contribution is -2.52. The molecular formula is C24H31BrN4O2. The lowest BCUT2D eigenvalue weighted by atomic mass is 10.0. The Morgan fingerprint density at radius 1 is 1.00 bits per heavy atom. The zero-order chi connectivity index (χ0) is 22.2. The molecule has 1 aliphatic rings. The topological polar surface area (TPSA) is 64.7 Å². The maximum atomic E-state index is 12.6. The van der Waals surface area contributed by atoms with Crippen molar-refractivity contribution in [3.8, 4) is 0 Å². The van der Waals surface area contributed by atoms with Crippen molar-refractivity contribution in [2.75, 3.05) is 37.6 Å². The van der Waals surface area contributed by atoms with E-state index >= 15 is 0 Å². The number of piperazine rings is 1. The highest BCUT2D eigenvalue weighted by Crippen LogP contribution is 2.20. The summed E-state index contributed by atoms with van der Waals surface area (Å²) in [7, 11) is 0. The second kappa shape index (κ2) is 11.3. The van der Waals surface area contributed by atoms with Crippen molar-refractivity contribution in [1.82, 2.24) is 15.5 Å². The van der Waals surface area contributed by atoms with E-state index in [4.69, 9.17) is 0 Å². The molecule has 1 aliphatic heterocycles. The summed E-state index contributed by atoms with van der Waals surface area (Å²) in [5, 5.41) is 5.94. The van der Waals surface area contributed by atoms with Crippen LogP contribution in [0.2, 0.25) is 0 Å². The molecule has 1 fully saturated rings. The van der Waals surface area contributed by atoms with Crippen molar-refractivity contribution >= 4 is 33.4 Å². The fourth-order valence-electron chi connectivity index (χ4n) is 3.90. The highest BCUT2D eigenvalue weighted by atomic mass is 79.9. The number of benzene rings is 2.